The minimum Gasteiger partial charge on any atom is -0.360 e. The first kappa shape index (κ1) is 20.8. The summed E-state index contributed by atoms with van der Waals surface area (Å²) in [6, 6.07) is -0.0895. The van der Waals surface area contributed by atoms with Gasteiger partial charge in [-0.15, -0.1) is 0 Å². The molecule has 3 aliphatic heterocycles. The van der Waals surface area contributed by atoms with Gasteiger partial charge in [-0.25, -0.2) is 8.42 Å². The molecule has 4 heterocycles. The fraction of sp³-hybridized carbons (Fsp3) is 0.789. The van der Waals surface area contributed by atoms with Crippen molar-refractivity contribution in [3.63, 3.8) is 0 Å². The molecule has 0 spiro atoms. The zero-order chi connectivity index (χ0) is 20.6. The minimum absolute atomic E-state index is 0.00691. The van der Waals surface area contributed by atoms with E-state index >= 15 is 0 Å². The van der Waals surface area contributed by atoms with E-state index < -0.39 is 10.0 Å². The minimum atomic E-state index is -3.75. The van der Waals surface area contributed by atoms with Crippen molar-refractivity contribution in [2.75, 3.05) is 32.8 Å². The Morgan fingerprint density at radius 1 is 1.07 bits per heavy atom. The maximum atomic E-state index is 13.4. The fourth-order valence-corrected chi connectivity index (χ4v) is 6.50. The lowest BCUT2D eigenvalue weighted by atomic mass is 9.94. The third-order valence-electron chi connectivity index (χ3n) is 6.09. The smallest absolute Gasteiger partial charge is 0.248 e. The Labute approximate surface area is 171 Å². The standard InChI is InChI=1S/C19H29N3O6S/c1-13-17(14(2)28-20-13)29(24,25)21-8-5-6-15(12-21)18(23)22-9-4-3-7-16(22)19-26-10-11-27-19/h15-16,19H,3-12H2,1-2H3. The van der Waals surface area contributed by atoms with Gasteiger partial charge >= 0.3 is 0 Å². The summed E-state index contributed by atoms with van der Waals surface area (Å²) in [5, 5.41) is 3.78. The number of ether oxygens (including phenoxy) is 2. The van der Waals surface area contributed by atoms with E-state index in [9.17, 15) is 13.2 Å². The molecule has 4 rings (SSSR count). The first-order chi connectivity index (χ1) is 13.9. The number of piperidine rings is 2. The van der Waals surface area contributed by atoms with Gasteiger partial charge in [0.05, 0.1) is 25.2 Å². The van der Waals surface area contributed by atoms with Crippen molar-refractivity contribution < 1.29 is 27.2 Å². The maximum Gasteiger partial charge on any atom is 0.248 e. The second kappa shape index (κ2) is 8.33. The van der Waals surface area contributed by atoms with E-state index in [0.29, 0.717) is 44.8 Å². The number of carbonyl (C=O) groups excluding carboxylic acids is 1. The van der Waals surface area contributed by atoms with E-state index in [1.807, 2.05) is 4.90 Å². The summed E-state index contributed by atoms with van der Waals surface area (Å²) in [5.74, 6) is -0.0731. The molecule has 2 atom stereocenters. The van der Waals surface area contributed by atoms with Crippen LogP contribution in [0.1, 0.15) is 43.6 Å². The molecule has 0 N–H and O–H groups in total. The molecule has 2 unspecified atom stereocenters. The number of likely N-dealkylation sites (tertiary alicyclic amines) is 1. The van der Waals surface area contributed by atoms with E-state index in [1.54, 1.807) is 13.8 Å². The van der Waals surface area contributed by atoms with E-state index in [-0.39, 0.29) is 41.4 Å². The second-order valence-corrected chi connectivity index (χ2v) is 9.94. The third kappa shape index (κ3) is 3.95. The molecule has 1 aromatic rings. The third-order valence-corrected chi connectivity index (χ3v) is 8.20. The van der Waals surface area contributed by atoms with Crippen molar-refractivity contribution in [1.82, 2.24) is 14.4 Å². The van der Waals surface area contributed by atoms with Crippen LogP contribution in [0.3, 0.4) is 0 Å². The zero-order valence-electron chi connectivity index (χ0n) is 17.0. The Kier molecular flexibility index (Phi) is 5.97. The summed E-state index contributed by atoms with van der Waals surface area (Å²) < 4.78 is 44.1. The van der Waals surface area contributed by atoms with Crippen LogP contribution in [-0.2, 0) is 24.3 Å². The van der Waals surface area contributed by atoms with Crippen LogP contribution < -0.4 is 0 Å². The largest absolute Gasteiger partial charge is 0.360 e. The molecule has 3 aliphatic rings. The van der Waals surface area contributed by atoms with E-state index in [0.717, 1.165) is 19.3 Å². The monoisotopic (exact) mass is 427 g/mol. The van der Waals surface area contributed by atoms with Crippen LogP contribution in [0.25, 0.3) is 0 Å². The van der Waals surface area contributed by atoms with Gasteiger partial charge in [0.25, 0.3) is 0 Å². The molecule has 0 saturated carbocycles. The Bertz CT molecular complexity index is 829. The van der Waals surface area contributed by atoms with Crippen molar-refractivity contribution in [3.05, 3.63) is 11.5 Å². The first-order valence-electron chi connectivity index (χ1n) is 10.4. The number of amides is 1. The van der Waals surface area contributed by atoms with Crippen molar-refractivity contribution in [1.29, 1.82) is 0 Å². The van der Waals surface area contributed by atoms with Crippen LogP contribution >= 0.6 is 0 Å². The molecule has 162 valence electrons. The highest BCUT2D eigenvalue weighted by Crippen LogP contribution is 2.31. The van der Waals surface area contributed by atoms with Gasteiger partial charge in [-0.3, -0.25) is 4.79 Å². The highest BCUT2D eigenvalue weighted by Gasteiger charge is 2.41. The van der Waals surface area contributed by atoms with Crippen molar-refractivity contribution >= 4 is 15.9 Å². The number of aryl methyl sites for hydroxylation is 2. The van der Waals surface area contributed by atoms with Crippen molar-refractivity contribution in [2.24, 2.45) is 5.92 Å². The molecular weight excluding hydrogens is 398 g/mol. The highest BCUT2D eigenvalue weighted by molar-refractivity contribution is 7.89. The Hall–Kier alpha value is -1.49. The second-order valence-electron chi connectivity index (χ2n) is 8.06. The van der Waals surface area contributed by atoms with Gasteiger partial charge in [-0.1, -0.05) is 5.16 Å². The molecule has 10 heteroatoms. The number of aromatic nitrogens is 1. The van der Waals surface area contributed by atoms with Gasteiger partial charge < -0.3 is 18.9 Å². The zero-order valence-corrected chi connectivity index (χ0v) is 17.8. The summed E-state index contributed by atoms with van der Waals surface area (Å²) in [4.78, 5) is 15.4. The van der Waals surface area contributed by atoms with Gasteiger partial charge in [0.1, 0.15) is 10.6 Å². The van der Waals surface area contributed by atoms with Gasteiger partial charge in [0.15, 0.2) is 12.1 Å². The van der Waals surface area contributed by atoms with Crippen molar-refractivity contribution in [3.8, 4) is 0 Å². The summed E-state index contributed by atoms with van der Waals surface area (Å²) >= 11 is 0. The molecule has 29 heavy (non-hydrogen) atoms. The summed E-state index contributed by atoms with van der Waals surface area (Å²) in [6.07, 6.45) is 3.79. The number of nitrogens with zero attached hydrogens (tertiary/aromatic N) is 3. The summed E-state index contributed by atoms with van der Waals surface area (Å²) in [7, 11) is -3.75. The fourth-order valence-electron chi connectivity index (χ4n) is 4.68. The molecule has 3 saturated heterocycles. The van der Waals surface area contributed by atoms with Crippen LogP contribution in [0.4, 0.5) is 0 Å². The molecule has 1 amide bonds. The summed E-state index contributed by atoms with van der Waals surface area (Å²) in [6.45, 7) is 5.57. The molecule has 3 fully saturated rings. The molecule has 0 bridgehead atoms. The average molecular weight is 428 g/mol. The van der Waals surface area contributed by atoms with Gasteiger partial charge in [0.2, 0.25) is 15.9 Å². The number of hydrogen-bond acceptors (Lipinski definition) is 7. The van der Waals surface area contributed by atoms with Crippen LogP contribution in [0.2, 0.25) is 0 Å². The van der Waals surface area contributed by atoms with Crippen LogP contribution in [0, 0.1) is 19.8 Å². The first-order valence-corrected chi connectivity index (χ1v) is 11.8. The normalized spacial score (nSPS) is 27.4. The van der Waals surface area contributed by atoms with Gasteiger partial charge in [0, 0.05) is 19.6 Å². The van der Waals surface area contributed by atoms with Gasteiger partial charge in [-0.05, 0) is 46.0 Å². The molecule has 0 radical (unpaired) electrons. The van der Waals surface area contributed by atoms with Crippen LogP contribution in [0.5, 0.6) is 0 Å². The number of carbonyl (C=O) groups is 1. The Morgan fingerprint density at radius 3 is 2.52 bits per heavy atom. The van der Waals surface area contributed by atoms with E-state index in [2.05, 4.69) is 5.16 Å². The lowest BCUT2D eigenvalue weighted by Crippen LogP contribution is -2.54. The molecule has 0 aromatic carbocycles. The summed E-state index contributed by atoms with van der Waals surface area (Å²) in [5.41, 5.74) is 0.350. The number of hydrogen-bond donors (Lipinski definition) is 0. The highest BCUT2D eigenvalue weighted by atomic mass is 32.2. The Balaban J connectivity index is 1.51. The van der Waals surface area contributed by atoms with Gasteiger partial charge in [-0.2, -0.15) is 4.31 Å². The SMILES string of the molecule is Cc1noc(C)c1S(=O)(=O)N1CCCC(C(=O)N2CCCCC2C2OCCO2)C1. The molecular formula is C19H29N3O6S. The Morgan fingerprint density at radius 2 is 1.83 bits per heavy atom. The molecule has 0 aliphatic carbocycles. The predicted octanol–water partition coefficient (Wildman–Crippen LogP) is 1.45. The number of rotatable bonds is 4. The van der Waals surface area contributed by atoms with Crippen LogP contribution in [0.15, 0.2) is 9.42 Å². The number of sulfonamides is 1. The quantitative estimate of drug-likeness (QED) is 0.716. The van der Waals surface area contributed by atoms with E-state index in [1.165, 1.54) is 4.31 Å². The van der Waals surface area contributed by atoms with Crippen molar-refractivity contribution in [2.45, 2.75) is 63.2 Å². The lowest BCUT2D eigenvalue weighted by molar-refractivity contribution is -0.155. The topological polar surface area (TPSA) is 102 Å². The molecule has 9 nitrogen and oxygen atoms in total. The van der Waals surface area contributed by atoms with E-state index in [4.69, 9.17) is 14.0 Å². The molecule has 1 aromatic heterocycles. The lowest BCUT2D eigenvalue weighted by Gasteiger charge is -2.41. The average Bonchev–Trinajstić information content (AvgIpc) is 3.37. The maximum absolute atomic E-state index is 13.4. The predicted molar refractivity (Wildman–Crippen MR) is 103 cm³/mol. The van der Waals surface area contributed by atoms with Crippen LogP contribution in [-0.4, -0.2) is 73.9 Å².